The highest BCUT2D eigenvalue weighted by molar-refractivity contribution is 5.91. The van der Waals surface area contributed by atoms with Gasteiger partial charge in [-0.15, -0.1) is 0 Å². The summed E-state index contributed by atoms with van der Waals surface area (Å²) in [5.41, 5.74) is 1.65. The van der Waals surface area contributed by atoms with Gasteiger partial charge in [-0.3, -0.25) is 4.79 Å². The van der Waals surface area contributed by atoms with Gasteiger partial charge in [0.25, 0.3) is 0 Å². The van der Waals surface area contributed by atoms with Crippen molar-refractivity contribution < 1.29 is 9.21 Å². The zero-order valence-corrected chi connectivity index (χ0v) is 9.88. The topological polar surface area (TPSA) is 43.1 Å². The molecule has 18 heavy (non-hydrogen) atoms. The summed E-state index contributed by atoms with van der Waals surface area (Å²) in [6.07, 6.45) is 0. The Balaban J connectivity index is 2.10. The number of ketones is 1. The molecule has 0 unspecified atom stereocenters. The van der Waals surface area contributed by atoms with Crippen molar-refractivity contribution in [3.05, 3.63) is 54.3 Å². The lowest BCUT2D eigenvalue weighted by Crippen LogP contribution is -1.87. The van der Waals surface area contributed by atoms with Crippen LogP contribution < -0.4 is 0 Å². The molecular formula is C15H11NO2. The molecule has 0 amide bonds. The van der Waals surface area contributed by atoms with Crippen LogP contribution in [0.4, 0.5) is 0 Å². The molecule has 88 valence electrons. The van der Waals surface area contributed by atoms with Crippen LogP contribution in [0.1, 0.15) is 17.5 Å². The van der Waals surface area contributed by atoms with Crippen LogP contribution in [0, 0.1) is 0 Å². The summed E-state index contributed by atoms with van der Waals surface area (Å²) >= 11 is 0. The maximum absolute atomic E-state index is 11.2. The maximum Gasteiger partial charge on any atom is 0.194 e. The van der Waals surface area contributed by atoms with Crippen LogP contribution in [0.3, 0.4) is 0 Å². The van der Waals surface area contributed by atoms with Gasteiger partial charge in [-0.1, -0.05) is 24.3 Å². The molecule has 3 heteroatoms. The van der Waals surface area contributed by atoms with Crippen LogP contribution in [0.25, 0.3) is 22.4 Å². The van der Waals surface area contributed by atoms with E-state index in [0.717, 1.165) is 16.6 Å². The SMILES string of the molecule is CC(=O)c1ccc(-c2ccc3ccccc3n2)o1. The lowest BCUT2D eigenvalue weighted by molar-refractivity contribution is 0.0988. The highest BCUT2D eigenvalue weighted by Crippen LogP contribution is 2.23. The van der Waals surface area contributed by atoms with E-state index in [4.69, 9.17) is 4.42 Å². The van der Waals surface area contributed by atoms with Crippen molar-refractivity contribution in [1.82, 2.24) is 4.98 Å². The molecule has 2 aromatic heterocycles. The smallest absolute Gasteiger partial charge is 0.194 e. The number of benzene rings is 1. The van der Waals surface area contributed by atoms with Gasteiger partial charge in [0.15, 0.2) is 17.3 Å². The molecule has 0 aliphatic heterocycles. The molecule has 3 nitrogen and oxygen atoms in total. The lowest BCUT2D eigenvalue weighted by Gasteiger charge is -1.99. The van der Waals surface area contributed by atoms with Gasteiger partial charge < -0.3 is 4.42 Å². The van der Waals surface area contributed by atoms with Gasteiger partial charge in [0.1, 0.15) is 5.69 Å². The molecule has 0 spiro atoms. The van der Waals surface area contributed by atoms with E-state index in [0.29, 0.717) is 11.5 Å². The van der Waals surface area contributed by atoms with Crippen LogP contribution in [-0.2, 0) is 0 Å². The monoisotopic (exact) mass is 237 g/mol. The van der Waals surface area contributed by atoms with Crippen molar-refractivity contribution >= 4 is 16.7 Å². The molecular weight excluding hydrogens is 226 g/mol. The quantitative estimate of drug-likeness (QED) is 0.638. The van der Waals surface area contributed by atoms with E-state index >= 15 is 0 Å². The molecule has 1 aromatic carbocycles. The van der Waals surface area contributed by atoms with E-state index in [1.807, 2.05) is 36.4 Å². The number of nitrogens with zero attached hydrogens (tertiary/aromatic N) is 1. The summed E-state index contributed by atoms with van der Waals surface area (Å²) < 4.78 is 5.47. The number of carbonyl (C=O) groups excluding carboxylic acids is 1. The Hall–Kier alpha value is -2.42. The van der Waals surface area contributed by atoms with E-state index < -0.39 is 0 Å². The summed E-state index contributed by atoms with van der Waals surface area (Å²) in [5.74, 6) is 0.896. The summed E-state index contributed by atoms with van der Waals surface area (Å²) in [4.78, 5) is 15.7. The minimum Gasteiger partial charge on any atom is -0.451 e. The Kier molecular flexibility index (Phi) is 2.45. The third-order valence-corrected chi connectivity index (χ3v) is 2.80. The van der Waals surface area contributed by atoms with Crippen LogP contribution in [-0.4, -0.2) is 10.8 Å². The molecule has 0 aliphatic carbocycles. The average Bonchev–Trinajstić information content (AvgIpc) is 2.88. The van der Waals surface area contributed by atoms with E-state index in [-0.39, 0.29) is 5.78 Å². The van der Waals surface area contributed by atoms with Crippen LogP contribution in [0.2, 0.25) is 0 Å². The zero-order valence-electron chi connectivity index (χ0n) is 9.88. The number of hydrogen-bond donors (Lipinski definition) is 0. The number of pyridine rings is 1. The number of Topliss-reactive ketones (excluding diaryl/α,β-unsaturated/α-hetero) is 1. The first-order valence-electron chi connectivity index (χ1n) is 5.71. The summed E-state index contributed by atoms with van der Waals surface area (Å²) in [7, 11) is 0. The fourth-order valence-electron chi connectivity index (χ4n) is 1.87. The first-order chi connectivity index (χ1) is 8.74. The van der Waals surface area contributed by atoms with E-state index in [1.54, 1.807) is 12.1 Å². The van der Waals surface area contributed by atoms with E-state index in [1.165, 1.54) is 6.92 Å². The predicted molar refractivity (Wildman–Crippen MR) is 69.4 cm³/mol. The number of rotatable bonds is 2. The molecule has 3 aromatic rings. The zero-order chi connectivity index (χ0) is 12.5. The molecule has 0 radical (unpaired) electrons. The number of hydrogen-bond acceptors (Lipinski definition) is 3. The highest BCUT2D eigenvalue weighted by Gasteiger charge is 2.09. The molecule has 0 saturated carbocycles. The third-order valence-electron chi connectivity index (χ3n) is 2.80. The number of furan rings is 1. The fourth-order valence-corrected chi connectivity index (χ4v) is 1.87. The summed E-state index contributed by atoms with van der Waals surface area (Å²) in [6, 6.07) is 15.2. The van der Waals surface area contributed by atoms with Gasteiger partial charge in [-0.05, 0) is 24.3 Å². The fraction of sp³-hybridized carbons (Fsp3) is 0.0667. The Morgan fingerprint density at radius 1 is 1.06 bits per heavy atom. The Bertz CT molecular complexity index is 728. The second-order valence-electron chi connectivity index (χ2n) is 4.11. The first-order valence-corrected chi connectivity index (χ1v) is 5.71. The Morgan fingerprint density at radius 2 is 1.89 bits per heavy atom. The largest absolute Gasteiger partial charge is 0.451 e. The van der Waals surface area contributed by atoms with Gasteiger partial charge in [0, 0.05) is 12.3 Å². The summed E-state index contributed by atoms with van der Waals surface area (Å²) in [6.45, 7) is 1.48. The number of para-hydroxylation sites is 1. The van der Waals surface area contributed by atoms with Crippen molar-refractivity contribution in [2.45, 2.75) is 6.92 Å². The van der Waals surface area contributed by atoms with Crippen molar-refractivity contribution in [3.63, 3.8) is 0 Å². The van der Waals surface area contributed by atoms with Crippen LogP contribution >= 0.6 is 0 Å². The predicted octanol–water partition coefficient (Wildman–Crippen LogP) is 3.70. The van der Waals surface area contributed by atoms with Gasteiger partial charge in [-0.25, -0.2) is 4.98 Å². The molecule has 0 bridgehead atoms. The molecule has 0 aliphatic rings. The second kappa shape index (κ2) is 4.11. The number of carbonyl (C=O) groups is 1. The van der Waals surface area contributed by atoms with E-state index in [2.05, 4.69) is 4.98 Å². The molecule has 0 N–H and O–H groups in total. The molecule has 0 fully saturated rings. The van der Waals surface area contributed by atoms with Crippen LogP contribution in [0.5, 0.6) is 0 Å². The maximum atomic E-state index is 11.2. The van der Waals surface area contributed by atoms with Crippen LogP contribution in [0.15, 0.2) is 52.9 Å². The minimum absolute atomic E-state index is 0.0814. The minimum atomic E-state index is -0.0814. The summed E-state index contributed by atoms with van der Waals surface area (Å²) in [5, 5.41) is 1.08. The average molecular weight is 237 g/mol. The molecule has 3 rings (SSSR count). The van der Waals surface area contributed by atoms with Crippen molar-refractivity contribution in [2.75, 3.05) is 0 Å². The lowest BCUT2D eigenvalue weighted by atomic mass is 10.2. The van der Waals surface area contributed by atoms with Gasteiger partial charge in [0.05, 0.1) is 5.52 Å². The van der Waals surface area contributed by atoms with Crippen molar-refractivity contribution in [3.8, 4) is 11.5 Å². The standard InChI is InChI=1S/C15H11NO2/c1-10(17)14-8-9-15(18-14)13-7-6-11-4-2-3-5-12(11)16-13/h2-9H,1H3. The number of fused-ring (bicyclic) bond motifs is 1. The van der Waals surface area contributed by atoms with E-state index in [9.17, 15) is 4.79 Å². The normalized spacial score (nSPS) is 10.7. The van der Waals surface area contributed by atoms with Crippen molar-refractivity contribution in [2.24, 2.45) is 0 Å². The molecule has 0 atom stereocenters. The Morgan fingerprint density at radius 3 is 2.67 bits per heavy atom. The Labute approximate surface area is 104 Å². The number of aromatic nitrogens is 1. The van der Waals surface area contributed by atoms with Gasteiger partial charge >= 0.3 is 0 Å². The second-order valence-corrected chi connectivity index (χ2v) is 4.11. The molecule has 0 saturated heterocycles. The first kappa shape index (κ1) is 10.7. The molecule has 2 heterocycles. The van der Waals surface area contributed by atoms with Gasteiger partial charge in [0.2, 0.25) is 0 Å². The van der Waals surface area contributed by atoms with Crippen molar-refractivity contribution in [1.29, 1.82) is 0 Å². The van der Waals surface area contributed by atoms with Gasteiger partial charge in [-0.2, -0.15) is 0 Å². The third kappa shape index (κ3) is 1.80. The highest BCUT2D eigenvalue weighted by atomic mass is 16.3.